The fourth-order valence-corrected chi connectivity index (χ4v) is 2.14. The number of aryl methyl sites for hydroxylation is 1. The zero-order valence-electron chi connectivity index (χ0n) is 12.6. The zero-order valence-corrected chi connectivity index (χ0v) is 12.6. The van der Waals surface area contributed by atoms with E-state index in [-0.39, 0.29) is 0 Å². The molecule has 0 amide bonds. The van der Waals surface area contributed by atoms with Crippen LogP contribution in [0, 0.1) is 12.8 Å². The molecule has 0 aromatic carbocycles. The van der Waals surface area contributed by atoms with Gasteiger partial charge in [0.15, 0.2) is 0 Å². The summed E-state index contributed by atoms with van der Waals surface area (Å²) < 4.78 is 5.37. The largest absolute Gasteiger partial charge is 0.339 e. The maximum absolute atomic E-state index is 5.37. The van der Waals surface area contributed by atoms with Crippen LogP contribution in [0.4, 0.5) is 0 Å². The number of aromatic nitrogens is 3. The maximum Gasteiger partial charge on any atom is 0.228 e. The Morgan fingerprint density at radius 1 is 1.35 bits per heavy atom. The molecule has 2 heterocycles. The van der Waals surface area contributed by atoms with Crippen molar-refractivity contribution in [1.82, 2.24) is 20.4 Å². The van der Waals surface area contributed by atoms with Gasteiger partial charge >= 0.3 is 0 Å². The molecule has 1 N–H and O–H groups in total. The lowest BCUT2D eigenvalue weighted by atomic mass is 10.0. The first-order valence-electron chi connectivity index (χ1n) is 7.08. The quantitative estimate of drug-likeness (QED) is 0.877. The number of hydrogen-bond donors (Lipinski definition) is 1. The summed E-state index contributed by atoms with van der Waals surface area (Å²) in [5.74, 6) is 1.80. The highest BCUT2D eigenvalue weighted by Crippen LogP contribution is 2.19. The zero-order chi connectivity index (χ0) is 14.5. The lowest BCUT2D eigenvalue weighted by molar-refractivity contribution is 0.329. The van der Waals surface area contributed by atoms with Crippen molar-refractivity contribution in [2.24, 2.45) is 5.92 Å². The molecular formula is C15H22N4O. The van der Waals surface area contributed by atoms with E-state index in [2.05, 4.69) is 41.2 Å². The van der Waals surface area contributed by atoms with Crippen LogP contribution >= 0.6 is 0 Å². The molecule has 0 aliphatic heterocycles. The van der Waals surface area contributed by atoms with Gasteiger partial charge in [0.25, 0.3) is 0 Å². The molecule has 2 aromatic heterocycles. The smallest absolute Gasteiger partial charge is 0.228 e. The van der Waals surface area contributed by atoms with E-state index in [4.69, 9.17) is 4.52 Å². The standard InChI is InChI=1S/C15H22N4O/c1-5-17-13(10(2)3)8-14-18-15(19-20-14)12-9-16-7-6-11(12)4/h6-7,9-10,13,17H,5,8H2,1-4H3. The van der Waals surface area contributed by atoms with Crippen molar-refractivity contribution in [3.05, 3.63) is 29.9 Å². The summed E-state index contributed by atoms with van der Waals surface area (Å²) in [5.41, 5.74) is 2.02. The Kier molecular flexibility index (Phi) is 4.84. The third-order valence-corrected chi connectivity index (χ3v) is 3.41. The van der Waals surface area contributed by atoms with Gasteiger partial charge in [-0.1, -0.05) is 25.9 Å². The second kappa shape index (κ2) is 6.61. The predicted octanol–water partition coefficient (Wildman–Crippen LogP) is 2.62. The summed E-state index contributed by atoms with van der Waals surface area (Å²) in [5, 5.41) is 7.52. The van der Waals surface area contributed by atoms with Crippen LogP contribution in [0.25, 0.3) is 11.4 Å². The summed E-state index contributed by atoms with van der Waals surface area (Å²) in [6.07, 6.45) is 4.28. The summed E-state index contributed by atoms with van der Waals surface area (Å²) in [7, 11) is 0. The van der Waals surface area contributed by atoms with Crippen molar-refractivity contribution in [1.29, 1.82) is 0 Å². The van der Waals surface area contributed by atoms with Gasteiger partial charge < -0.3 is 9.84 Å². The van der Waals surface area contributed by atoms with E-state index in [0.29, 0.717) is 23.7 Å². The Balaban J connectivity index is 2.15. The molecule has 1 unspecified atom stereocenters. The normalized spacial score (nSPS) is 12.8. The SMILES string of the molecule is CCNC(Cc1nc(-c2cnccc2C)no1)C(C)C. The average molecular weight is 274 g/mol. The second-order valence-corrected chi connectivity index (χ2v) is 5.31. The lowest BCUT2D eigenvalue weighted by Crippen LogP contribution is -2.35. The van der Waals surface area contributed by atoms with E-state index in [0.717, 1.165) is 24.1 Å². The molecule has 0 saturated heterocycles. The fourth-order valence-electron chi connectivity index (χ4n) is 2.14. The van der Waals surface area contributed by atoms with Gasteiger partial charge in [0, 0.05) is 30.4 Å². The minimum atomic E-state index is 0.350. The molecule has 20 heavy (non-hydrogen) atoms. The molecule has 0 fully saturated rings. The molecule has 0 aliphatic rings. The van der Waals surface area contributed by atoms with Crippen LogP contribution in [0.1, 0.15) is 32.2 Å². The summed E-state index contributed by atoms with van der Waals surface area (Å²) in [6.45, 7) is 9.44. The number of nitrogens with zero attached hydrogens (tertiary/aromatic N) is 3. The molecule has 0 radical (unpaired) electrons. The summed E-state index contributed by atoms with van der Waals surface area (Å²) in [4.78, 5) is 8.60. The maximum atomic E-state index is 5.37. The number of hydrogen-bond acceptors (Lipinski definition) is 5. The molecule has 0 saturated carbocycles. The molecule has 108 valence electrons. The summed E-state index contributed by atoms with van der Waals surface area (Å²) >= 11 is 0. The van der Waals surface area contributed by atoms with Gasteiger partial charge in [0.2, 0.25) is 11.7 Å². The van der Waals surface area contributed by atoms with Crippen LogP contribution in [-0.2, 0) is 6.42 Å². The van der Waals surface area contributed by atoms with Crippen LogP contribution in [0.2, 0.25) is 0 Å². The number of rotatable bonds is 6. The van der Waals surface area contributed by atoms with Gasteiger partial charge in [-0.05, 0) is 31.0 Å². The van der Waals surface area contributed by atoms with Crippen molar-refractivity contribution >= 4 is 0 Å². The highest BCUT2D eigenvalue weighted by molar-refractivity contribution is 5.57. The third-order valence-electron chi connectivity index (χ3n) is 3.41. The van der Waals surface area contributed by atoms with E-state index < -0.39 is 0 Å². The predicted molar refractivity (Wildman–Crippen MR) is 78.3 cm³/mol. The fraction of sp³-hybridized carbons (Fsp3) is 0.533. The first-order valence-corrected chi connectivity index (χ1v) is 7.08. The van der Waals surface area contributed by atoms with Crippen molar-refractivity contribution in [3.8, 4) is 11.4 Å². The minimum absolute atomic E-state index is 0.350. The van der Waals surface area contributed by atoms with Crippen molar-refractivity contribution < 1.29 is 4.52 Å². The van der Waals surface area contributed by atoms with Crippen molar-refractivity contribution in [2.45, 2.75) is 40.2 Å². The molecule has 1 atom stereocenters. The summed E-state index contributed by atoms with van der Waals surface area (Å²) in [6, 6.07) is 2.30. The lowest BCUT2D eigenvalue weighted by Gasteiger charge is -2.19. The van der Waals surface area contributed by atoms with Crippen LogP contribution in [0.5, 0.6) is 0 Å². The monoisotopic (exact) mass is 274 g/mol. The van der Waals surface area contributed by atoms with Gasteiger partial charge in [0.1, 0.15) is 0 Å². The van der Waals surface area contributed by atoms with Gasteiger partial charge in [0.05, 0.1) is 0 Å². The first-order chi connectivity index (χ1) is 9.61. The Morgan fingerprint density at radius 2 is 2.15 bits per heavy atom. The van der Waals surface area contributed by atoms with Gasteiger partial charge in [-0.3, -0.25) is 4.98 Å². The van der Waals surface area contributed by atoms with Crippen molar-refractivity contribution in [3.63, 3.8) is 0 Å². The van der Waals surface area contributed by atoms with Crippen LogP contribution < -0.4 is 5.32 Å². The van der Waals surface area contributed by atoms with Crippen molar-refractivity contribution in [2.75, 3.05) is 6.54 Å². The Labute approximate surface area is 119 Å². The average Bonchev–Trinajstić information content (AvgIpc) is 2.87. The molecular weight excluding hydrogens is 252 g/mol. The Morgan fingerprint density at radius 3 is 2.80 bits per heavy atom. The van der Waals surface area contributed by atoms with E-state index in [1.54, 1.807) is 12.4 Å². The van der Waals surface area contributed by atoms with Crippen LogP contribution in [-0.4, -0.2) is 27.7 Å². The van der Waals surface area contributed by atoms with E-state index >= 15 is 0 Å². The van der Waals surface area contributed by atoms with Crippen LogP contribution in [0.3, 0.4) is 0 Å². The second-order valence-electron chi connectivity index (χ2n) is 5.31. The van der Waals surface area contributed by atoms with Crippen LogP contribution in [0.15, 0.2) is 23.0 Å². The molecule has 5 heteroatoms. The number of pyridine rings is 1. The van der Waals surface area contributed by atoms with Gasteiger partial charge in [-0.25, -0.2) is 0 Å². The van der Waals surface area contributed by atoms with E-state index in [1.165, 1.54) is 0 Å². The minimum Gasteiger partial charge on any atom is -0.339 e. The molecule has 0 aliphatic carbocycles. The van der Waals surface area contributed by atoms with E-state index in [1.807, 2.05) is 13.0 Å². The molecule has 0 spiro atoms. The highest BCUT2D eigenvalue weighted by atomic mass is 16.5. The highest BCUT2D eigenvalue weighted by Gasteiger charge is 2.18. The Hall–Kier alpha value is -1.75. The Bertz CT molecular complexity index is 550. The number of likely N-dealkylation sites (N-methyl/N-ethyl adjacent to an activating group) is 1. The third kappa shape index (κ3) is 3.42. The van der Waals surface area contributed by atoms with E-state index in [9.17, 15) is 0 Å². The topological polar surface area (TPSA) is 63.8 Å². The van der Waals surface area contributed by atoms with Gasteiger partial charge in [-0.15, -0.1) is 0 Å². The number of nitrogens with one attached hydrogen (secondary N) is 1. The molecule has 5 nitrogen and oxygen atoms in total. The van der Waals surface area contributed by atoms with Gasteiger partial charge in [-0.2, -0.15) is 4.98 Å². The molecule has 0 bridgehead atoms. The molecule has 2 aromatic rings. The molecule has 2 rings (SSSR count). The first kappa shape index (κ1) is 14.7.